The smallest absolute Gasteiger partial charge is 0.257 e. The minimum atomic E-state index is -0.302. The summed E-state index contributed by atoms with van der Waals surface area (Å²) >= 11 is 0. The van der Waals surface area contributed by atoms with Crippen molar-refractivity contribution >= 4 is 17.5 Å². The summed E-state index contributed by atoms with van der Waals surface area (Å²) in [7, 11) is 0. The van der Waals surface area contributed by atoms with Gasteiger partial charge < -0.3 is 14.4 Å². The molecule has 0 aromatic heterocycles. The summed E-state index contributed by atoms with van der Waals surface area (Å²) in [4.78, 5) is 26.2. The van der Waals surface area contributed by atoms with E-state index in [1.165, 1.54) is 5.56 Å². The quantitative estimate of drug-likeness (QED) is 0.669. The number of nitrogens with zero attached hydrogens (tertiary/aromatic N) is 1. The molecule has 2 aromatic rings. The van der Waals surface area contributed by atoms with Crippen LogP contribution in [0.15, 0.2) is 48.5 Å². The molecule has 0 spiro atoms. The van der Waals surface area contributed by atoms with E-state index in [1.807, 2.05) is 42.2 Å². The van der Waals surface area contributed by atoms with Crippen LogP contribution in [0.2, 0.25) is 0 Å². The minimum absolute atomic E-state index is 0.139. The zero-order valence-corrected chi connectivity index (χ0v) is 16.6. The SMILES string of the molecule is CCOc1ccc(OCCC(=O)NNC(=O)CN2CCCc3ccccc32)cc1. The van der Waals surface area contributed by atoms with Crippen molar-refractivity contribution in [2.45, 2.75) is 26.2 Å². The average molecular weight is 397 g/mol. The molecule has 0 saturated carbocycles. The number of ether oxygens (including phenoxy) is 2. The van der Waals surface area contributed by atoms with Crippen LogP contribution in [0.3, 0.4) is 0 Å². The van der Waals surface area contributed by atoms with Gasteiger partial charge in [0.1, 0.15) is 11.5 Å². The number of hydrogen-bond donors (Lipinski definition) is 2. The number of para-hydroxylation sites is 1. The van der Waals surface area contributed by atoms with Gasteiger partial charge in [-0.1, -0.05) is 18.2 Å². The Bertz CT molecular complexity index is 823. The van der Waals surface area contributed by atoms with E-state index in [4.69, 9.17) is 9.47 Å². The summed E-state index contributed by atoms with van der Waals surface area (Å²) in [6.45, 7) is 3.78. The van der Waals surface area contributed by atoms with Crippen molar-refractivity contribution in [3.05, 3.63) is 54.1 Å². The standard InChI is InChI=1S/C22H27N3O4/c1-2-28-18-9-11-19(12-10-18)29-15-13-21(26)23-24-22(27)16-25-14-5-7-17-6-3-4-8-20(17)25/h3-4,6,8-12H,2,5,7,13-16H2,1H3,(H,23,26)(H,24,27). The van der Waals surface area contributed by atoms with Crippen LogP contribution in [0.4, 0.5) is 5.69 Å². The molecule has 2 aromatic carbocycles. The number of hydrogen-bond acceptors (Lipinski definition) is 5. The Hall–Kier alpha value is -3.22. The van der Waals surface area contributed by atoms with E-state index >= 15 is 0 Å². The fourth-order valence-electron chi connectivity index (χ4n) is 3.25. The maximum atomic E-state index is 12.2. The molecule has 7 heteroatoms. The van der Waals surface area contributed by atoms with Crippen LogP contribution in [0.25, 0.3) is 0 Å². The second-order valence-electron chi connectivity index (χ2n) is 6.75. The van der Waals surface area contributed by atoms with Gasteiger partial charge in [0.15, 0.2) is 0 Å². The molecule has 1 heterocycles. The van der Waals surface area contributed by atoms with Gasteiger partial charge in [-0.15, -0.1) is 0 Å². The highest BCUT2D eigenvalue weighted by molar-refractivity contribution is 5.85. The first-order chi connectivity index (χ1) is 14.2. The number of rotatable bonds is 8. The molecule has 29 heavy (non-hydrogen) atoms. The van der Waals surface area contributed by atoms with Gasteiger partial charge in [-0.2, -0.15) is 0 Å². The van der Waals surface area contributed by atoms with Crippen molar-refractivity contribution in [2.24, 2.45) is 0 Å². The molecule has 0 fully saturated rings. The molecular weight excluding hydrogens is 370 g/mol. The number of amides is 2. The number of aryl methyl sites for hydroxylation is 1. The first-order valence-corrected chi connectivity index (χ1v) is 9.92. The maximum absolute atomic E-state index is 12.2. The van der Waals surface area contributed by atoms with Gasteiger partial charge in [-0.05, 0) is 55.7 Å². The van der Waals surface area contributed by atoms with Gasteiger partial charge in [0.25, 0.3) is 5.91 Å². The zero-order valence-electron chi connectivity index (χ0n) is 16.6. The van der Waals surface area contributed by atoms with Crippen LogP contribution in [-0.2, 0) is 16.0 Å². The Morgan fingerprint density at radius 1 is 0.966 bits per heavy atom. The van der Waals surface area contributed by atoms with E-state index in [0.717, 1.165) is 30.8 Å². The molecule has 0 aliphatic carbocycles. The summed E-state index contributed by atoms with van der Waals surface area (Å²) in [5.41, 5.74) is 7.26. The van der Waals surface area contributed by atoms with Gasteiger partial charge in [0.05, 0.1) is 26.2 Å². The minimum Gasteiger partial charge on any atom is -0.494 e. The molecule has 0 saturated heterocycles. The molecule has 1 aliphatic rings. The number of fused-ring (bicyclic) bond motifs is 1. The zero-order chi connectivity index (χ0) is 20.5. The van der Waals surface area contributed by atoms with E-state index in [1.54, 1.807) is 12.1 Å². The van der Waals surface area contributed by atoms with E-state index in [-0.39, 0.29) is 31.4 Å². The molecule has 154 valence electrons. The second-order valence-corrected chi connectivity index (χ2v) is 6.75. The van der Waals surface area contributed by atoms with Crippen molar-refractivity contribution < 1.29 is 19.1 Å². The van der Waals surface area contributed by atoms with Crippen molar-refractivity contribution in [1.29, 1.82) is 0 Å². The van der Waals surface area contributed by atoms with E-state index in [2.05, 4.69) is 16.9 Å². The number of anilines is 1. The largest absolute Gasteiger partial charge is 0.494 e. The van der Waals surface area contributed by atoms with E-state index in [9.17, 15) is 9.59 Å². The summed E-state index contributed by atoms with van der Waals surface area (Å²) in [6.07, 6.45) is 2.18. The van der Waals surface area contributed by atoms with Crippen LogP contribution in [0, 0.1) is 0 Å². The summed E-state index contributed by atoms with van der Waals surface area (Å²) in [5, 5.41) is 0. The van der Waals surface area contributed by atoms with Crippen molar-refractivity contribution in [3.8, 4) is 11.5 Å². The second kappa shape index (κ2) is 10.4. The van der Waals surface area contributed by atoms with Crippen molar-refractivity contribution in [1.82, 2.24) is 10.9 Å². The Balaban J connectivity index is 1.36. The van der Waals surface area contributed by atoms with Crippen LogP contribution < -0.4 is 25.2 Å². The predicted octanol–water partition coefficient (Wildman–Crippen LogP) is 2.45. The summed E-state index contributed by atoms with van der Waals surface area (Å²) in [5.74, 6) is 0.886. The molecular formula is C22H27N3O4. The van der Waals surface area contributed by atoms with Gasteiger partial charge in [-0.25, -0.2) is 0 Å². The third-order valence-electron chi connectivity index (χ3n) is 4.61. The van der Waals surface area contributed by atoms with E-state index < -0.39 is 0 Å². The van der Waals surface area contributed by atoms with Gasteiger partial charge in [0, 0.05) is 12.2 Å². The Labute approximate surface area is 171 Å². The maximum Gasteiger partial charge on any atom is 0.257 e. The number of nitrogens with one attached hydrogen (secondary N) is 2. The lowest BCUT2D eigenvalue weighted by Gasteiger charge is -2.30. The molecule has 7 nitrogen and oxygen atoms in total. The molecule has 0 atom stereocenters. The highest BCUT2D eigenvalue weighted by Crippen LogP contribution is 2.26. The van der Waals surface area contributed by atoms with Crippen LogP contribution in [0.5, 0.6) is 11.5 Å². The van der Waals surface area contributed by atoms with Crippen molar-refractivity contribution in [3.63, 3.8) is 0 Å². The number of benzene rings is 2. The Kier molecular flexibility index (Phi) is 7.33. The lowest BCUT2D eigenvalue weighted by atomic mass is 10.0. The van der Waals surface area contributed by atoms with Gasteiger partial charge in [-0.3, -0.25) is 20.4 Å². The third-order valence-corrected chi connectivity index (χ3v) is 4.61. The van der Waals surface area contributed by atoms with Crippen LogP contribution in [0.1, 0.15) is 25.3 Å². The molecule has 1 aliphatic heterocycles. The highest BCUT2D eigenvalue weighted by atomic mass is 16.5. The Morgan fingerprint density at radius 3 is 2.41 bits per heavy atom. The third kappa shape index (κ3) is 6.14. The average Bonchev–Trinajstić information content (AvgIpc) is 2.74. The molecule has 0 unspecified atom stereocenters. The lowest BCUT2D eigenvalue weighted by Crippen LogP contribution is -2.47. The normalized spacial score (nSPS) is 12.7. The monoisotopic (exact) mass is 397 g/mol. The number of carbonyl (C=O) groups is 2. The molecule has 2 N–H and O–H groups in total. The molecule has 2 amide bonds. The summed E-state index contributed by atoms with van der Waals surface area (Å²) in [6, 6.07) is 15.3. The lowest BCUT2D eigenvalue weighted by molar-refractivity contribution is -0.128. The Morgan fingerprint density at radius 2 is 1.66 bits per heavy atom. The fraction of sp³-hybridized carbons (Fsp3) is 0.364. The first kappa shape index (κ1) is 20.5. The summed E-state index contributed by atoms with van der Waals surface area (Å²) < 4.78 is 10.9. The predicted molar refractivity (Wildman–Crippen MR) is 111 cm³/mol. The topological polar surface area (TPSA) is 79.9 Å². The fourth-order valence-corrected chi connectivity index (χ4v) is 3.25. The van der Waals surface area contributed by atoms with Crippen molar-refractivity contribution in [2.75, 3.05) is 31.2 Å². The number of hydrazine groups is 1. The van der Waals surface area contributed by atoms with E-state index in [0.29, 0.717) is 12.4 Å². The molecule has 0 bridgehead atoms. The van der Waals surface area contributed by atoms with Gasteiger partial charge >= 0.3 is 0 Å². The first-order valence-electron chi connectivity index (χ1n) is 9.92. The van der Waals surface area contributed by atoms with Crippen LogP contribution >= 0.6 is 0 Å². The molecule has 0 radical (unpaired) electrons. The number of carbonyl (C=O) groups excluding carboxylic acids is 2. The van der Waals surface area contributed by atoms with Gasteiger partial charge in [0.2, 0.25) is 5.91 Å². The highest BCUT2D eigenvalue weighted by Gasteiger charge is 2.18. The van der Waals surface area contributed by atoms with Crippen LogP contribution in [-0.4, -0.2) is 38.1 Å². The molecule has 3 rings (SSSR count).